The van der Waals surface area contributed by atoms with Crippen molar-refractivity contribution in [3.05, 3.63) is 87.8 Å². The summed E-state index contributed by atoms with van der Waals surface area (Å²) in [5.74, 6) is -1.87. The second-order valence-electron chi connectivity index (χ2n) is 4.18. The van der Waals surface area contributed by atoms with Gasteiger partial charge >= 0.3 is 38.7 Å². The first-order chi connectivity index (χ1) is 11.3. The Balaban J connectivity index is -0.0000000712. The molecule has 0 spiro atoms. The zero-order valence-electron chi connectivity index (χ0n) is 16.2. The number of allylic oxidation sites excluding steroid dienone is 8. The van der Waals surface area contributed by atoms with E-state index in [-0.39, 0.29) is 26.0 Å². The molecule has 0 radical (unpaired) electrons. The Bertz CT molecular complexity index is 428. The molecule has 2 aliphatic carbocycles. The summed E-state index contributed by atoms with van der Waals surface area (Å²) in [6.07, 6.45) is 20.0. The second kappa shape index (κ2) is 28.1. The van der Waals surface area contributed by atoms with Crippen LogP contribution < -0.4 is 0 Å². The normalized spacial score (nSPS) is 10.3. The minimum atomic E-state index is -0.935. The molecular formula is C20H30O4SiTi-4. The first-order valence-corrected chi connectivity index (χ1v) is 10.9. The Morgan fingerprint density at radius 1 is 0.885 bits per heavy atom. The van der Waals surface area contributed by atoms with Crippen LogP contribution in [0, 0.1) is 27.0 Å². The molecule has 2 rings (SSSR count). The summed E-state index contributed by atoms with van der Waals surface area (Å²) in [5, 5.41) is 15.8. The fraction of sp³-hybridized carbons (Fsp3) is 0.200. The van der Waals surface area contributed by atoms with E-state index in [9.17, 15) is 9.59 Å². The number of carboxylic acid groups (broad SMARTS) is 2. The molecule has 0 atom stereocenters. The van der Waals surface area contributed by atoms with Crippen LogP contribution in [0.1, 0.15) is 26.7 Å². The number of carboxylic acids is 2. The van der Waals surface area contributed by atoms with Crippen LogP contribution in [-0.4, -0.2) is 29.8 Å². The van der Waals surface area contributed by atoms with E-state index in [4.69, 9.17) is 10.2 Å². The Labute approximate surface area is 172 Å². The third-order valence-electron chi connectivity index (χ3n) is 1.90. The van der Waals surface area contributed by atoms with E-state index in [0.717, 1.165) is 12.8 Å². The van der Waals surface area contributed by atoms with Crippen molar-refractivity contribution in [3.63, 3.8) is 0 Å². The molecule has 4 nitrogen and oxygen atoms in total. The summed E-state index contributed by atoms with van der Waals surface area (Å²) >= 11 is 2.03. The van der Waals surface area contributed by atoms with E-state index in [1.165, 1.54) is 13.8 Å². The van der Waals surface area contributed by atoms with Crippen molar-refractivity contribution in [2.45, 2.75) is 26.7 Å². The average Bonchev–Trinajstić information content (AvgIpc) is 3.28. The quantitative estimate of drug-likeness (QED) is 0.412. The SMILES string of the molecule is C=C(C)C(=O)O.C=C(C)C(=O)O.[C-]1=CC=CC1.[C-]1=CC=CC1.[CH3-].[CH3-].[SiH2]=[Ti]. The van der Waals surface area contributed by atoms with Gasteiger partial charge in [0.15, 0.2) is 0 Å². The molecule has 2 aliphatic rings. The van der Waals surface area contributed by atoms with Gasteiger partial charge in [0.25, 0.3) is 0 Å². The van der Waals surface area contributed by atoms with Gasteiger partial charge < -0.3 is 25.1 Å². The molecule has 0 aromatic carbocycles. The van der Waals surface area contributed by atoms with Crippen molar-refractivity contribution in [1.29, 1.82) is 0 Å². The summed E-state index contributed by atoms with van der Waals surface area (Å²) in [4.78, 5) is 19.2. The minimum absolute atomic E-state index is 0. The van der Waals surface area contributed by atoms with Gasteiger partial charge in [-0.25, -0.2) is 33.9 Å². The van der Waals surface area contributed by atoms with Crippen LogP contribution in [0.3, 0.4) is 0 Å². The second-order valence-corrected chi connectivity index (χ2v) is 4.18. The van der Waals surface area contributed by atoms with Crippen LogP contribution in [0.5, 0.6) is 0 Å². The number of carbonyl (C=O) groups is 2. The molecule has 0 aliphatic heterocycles. The van der Waals surface area contributed by atoms with Crippen LogP contribution in [-0.2, 0) is 28.8 Å². The van der Waals surface area contributed by atoms with Gasteiger partial charge in [-0.2, -0.15) is 12.2 Å². The van der Waals surface area contributed by atoms with Crippen LogP contribution in [0.25, 0.3) is 0 Å². The Hall–Kier alpha value is -1.69. The molecule has 0 saturated carbocycles. The summed E-state index contributed by atoms with van der Waals surface area (Å²) < 4.78 is 0. The van der Waals surface area contributed by atoms with Crippen molar-refractivity contribution >= 4 is 19.6 Å². The fourth-order valence-corrected chi connectivity index (χ4v) is 0.680. The van der Waals surface area contributed by atoms with Crippen LogP contribution in [0.2, 0.25) is 0 Å². The average molecular weight is 410 g/mol. The van der Waals surface area contributed by atoms with Crippen LogP contribution in [0.15, 0.2) is 60.8 Å². The molecule has 0 aromatic rings. The molecule has 0 heterocycles. The summed E-state index contributed by atoms with van der Waals surface area (Å²) in [5.41, 5.74) is 0.352. The van der Waals surface area contributed by atoms with Crippen molar-refractivity contribution < 1.29 is 39.0 Å². The van der Waals surface area contributed by atoms with Gasteiger partial charge in [-0.05, 0) is 13.8 Å². The van der Waals surface area contributed by atoms with E-state index < -0.39 is 11.9 Å². The van der Waals surface area contributed by atoms with Crippen molar-refractivity contribution in [3.8, 4) is 0 Å². The number of hydrogen-bond donors (Lipinski definition) is 2. The van der Waals surface area contributed by atoms with Crippen molar-refractivity contribution in [2.75, 3.05) is 0 Å². The van der Waals surface area contributed by atoms with E-state index >= 15 is 0 Å². The molecule has 146 valence electrons. The summed E-state index contributed by atoms with van der Waals surface area (Å²) in [7, 11) is 1.86. The summed E-state index contributed by atoms with van der Waals surface area (Å²) in [6, 6.07) is 0. The molecule has 0 aromatic heterocycles. The van der Waals surface area contributed by atoms with Gasteiger partial charge in [0.2, 0.25) is 0 Å². The Morgan fingerprint density at radius 3 is 1.15 bits per heavy atom. The van der Waals surface area contributed by atoms with Gasteiger partial charge in [0.05, 0.1) is 0 Å². The Morgan fingerprint density at radius 2 is 1.12 bits per heavy atom. The zero-order valence-corrected chi connectivity index (χ0v) is 19.2. The maximum absolute atomic E-state index is 9.60. The fourth-order valence-electron chi connectivity index (χ4n) is 0.680. The monoisotopic (exact) mass is 410 g/mol. The van der Waals surface area contributed by atoms with Gasteiger partial charge in [0.1, 0.15) is 0 Å². The molecule has 0 saturated heterocycles. The topological polar surface area (TPSA) is 74.6 Å². The third-order valence-corrected chi connectivity index (χ3v) is 1.90. The van der Waals surface area contributed by atoms with E-state index in [0.29, 0.717) is 0 Å². The summed E-state index contributed by atoms with van der Waals surface area (Å²) in [6.45, 7) is 9.20. The van der Waals surface area contributed by atoms with Gasteiger partial charge in [-0.15, -0.1) is 12.8 Å². The van der Waals surface area contributed by atoms with Crippen molar-refractivity contribution in [2.24, 2.45) is 0 Å². The molecule has 6 heteroatoms. The predicted octanol–water partition coefficient (Wildman–Crippen LogP) is 3.89. The van der Waals surface area contributed by atoms with Gasteiger partial charge in [-0.3, -0.25) is 12.2 Å². The third kappa shape index (κ3) is 38.1. The molecule has 0 unspecified atom stereocenters. The Kier molecular flexibility index (Phi) is 38.3. The zero-order chi connectivity index (χ0) is 19.4. The predicted molar refractivity (Wildman–Crippen MR) is 109 cm³/mol. The number of rotatable bonds is 2. The molecule has 0 bridgehead atoms. The van der Waals surface area contributed by atoms with E-state index in [2.05, 4.69) is 37.5 Å². The molecular weight excluding hydrogens is 380 g/mol. The molecule has 26 heavy (non-hydrogen) atoms. The molecule has 2 N–H and O–H groups in total. The first-order valence-electron chi connectivity index (χ1n) is 6.85. The van der Waals surface area contributed by atoms with Gasteiger partial charge in [0, 0.05) is 11.1 Å². The van der Waals surface area contributed by atoms with Crippen molar-refractivity contribution in [1.82, 2.24) is 0 Å². The van der Waals surface area contributed by atoms with Crippen LogP contribution >= 0.6 is 0 Å². The maximum atomic E-state index is 9.60. The number of aliphatic carboxylic acids is 2. The standard InChI is InChI=1S/2C5H5.2C4H6O2.2CH3.H2Si.Ti/c2*1-2-4-5-3-1;2*1-3(2)4(5)6;;;;/h2*1-3H,4H2;2*1H2,2H3,(H,5,6);2*1H3;1H2;/q2*-1;;;2*-1;;. The van der Waals surface area contributed by atoms with Gasteiger partial charge in [-0.1, -0.05) is 13.2 Å². The molecule has 0 amide bonds. The first kappa shape index (κ1) is 35.4. The van der Waals surface area contributed by atoms with E-state index in [1.54, 1.807) is 0 Å². The van der Waals surface area contributed by atoms with E-state index in [1.807, 2.05) is 51.1 Å². The number of hydrogen-bond acceptors (Lipinski definition) is 2. The molecule has 0 fully saturated rings. The van der Waals surface area contributed by atoms with Crippen LogP contribution in [0.4, 0.5) is 0 Å².